The lowest BCUT2D eigenvalue weighted by molar-refractivity contribution is 0.0152. The van der Waals surface area contributed by atoms with Gasteiger partial charge in [0.15, 0.2) is 20.5 Å². The van der Waals surface area contributed by atoms with Crippen molar-refractivity contribution in [2.45, 2.75) is 24.7 Å². The van der Waals surface area contributed by atoms with E-state index in [0.717, 1.165) is 0 Å². The van der Waals surface area contributed by atoms with Gasteiger partial charge in [0.2, 0.25) is 0 Å². The SMILES string of the molecule is CC1(CCl)CC(S(=O)(=O)Cc2cc(Cl)cc(Cl)c2)=NO1. The number of hydrogen-bond donors (Lipinski definition) is 0. The van der Waals surface area contributed by atoms with Crippen LogP contribution in [0.5, 0.6) is 0 Å². The Labute approximate surface area is 132 Å². The summed E-state index contributed by atoms with van der Waals surface area (Å²) in [7, 11) is -3.58. The predicted octanol–water partition coefficient (Wildman–Crippen LogP) is 3.64. The Balaban J connectivity index is 2.20. The molecule has 20 heavy (non-hydrogen) atoms. The minimum absolute atomic E-state index is 0.00301. The van der Waals surface area contributed by atoms with E-state index in [0.29, 0.717) is 15.6 Å². The fraction of sp³-hybridized carbons (Fsp3) is 0.417. The lowest BCUT2D eigenvalue weighted by atomic mass is 10.1. The van der Waals surface area contributed by atoms with Crippen LogP contribution in [0.3, 0.4) is 0 Å². The Kier molecular flexibility index (Phi) is 4.54. The second-order valence-corrected chi connectivity index (χ2v) is 8.00. The average Bonchev–Trinajstić information content (AvgIpc) is 2.71. The molecule has 0 N–H and O–H groups in total. The normalized spacial score (nSPS) is 22.5. The second-order valence-electron chi connectivity index (χ2n) is 4.87. The second kappa shape index (κ2) is 5.72. The van der Waals surface area contributed by atoms with E-state index < -0.39 is 15.4 Å². The number of sulfone groups is 1. The Hall–Kier alpha value is -0.490. The number of rotatable bonds is 3. The maximum Gasteiger partial charge on any atom is 0.199 e. The monoisotopic (exact) mass is 355 g/mol. The minimum Gasteiger partial charge on any atom is -0.387 e. The molecular formula is C12H12Cl3NO3S. The highest BCUT2D eigenvalue weighted by Crippen LogP contribution is 2.29. The fourth-order valence-corrected chi connectivity index (χ4v) is 3.94. The van der Waals surface area contributed by atoms with Crippen molar-refractivity contribution in [3.8, 4) is 0 Å². The number of alkyl halides is 1. The van der Waals surface area contributed by atoms with Crippen LogP contribution in [0.2, 0.25) is 10.0 Å². The summed E-state index contributed by atoms with van der Waals surface area (Å²) in [4.78, 5) is 5.10. The van der Waals surface area contributed by atoms with Crippen molar-refractivity contribution in [2.75, 3.05) is 5.88 Å². The molecule has 0 saturated heterocycles. The molecule has 0 saturated carbocycles. The van der Waals surface area contributed by atoms with Gasteiger partial charge in [0.25, 0.3) is 0 Å². The zero-order chi connectivity index (χ0) is 15.0. The summed E-state index contributed by atoms with van der Waals surface area (Å²) in [5.74, 6) is -0.0631. The molecule has 4 nitrogen and oxygen atoms in total. The van der Waals surface area contributed by atoms with E-state index in [1.165, 1.54) is 0 Å². The van der Waals surface area contributed by atoms with Crippen LogP contribution in [0.15, 0.2) is 23.4 Å². The first kappa shape index (κ1) is 15.9. The highest BCUT2D eigenvalue weighted by atomic mass is 35.5. The molecule has 0 amide bonds. The van der Waals surface area contributed by atoms with E-state index in [-0.39, 0.29) is 23.1 Å². The Morgan fingerprint density at radius 2 is 1.90 bits per heavy atom. The third-order valence-electron chi connectivity index (χ3n) is 2.81. The summed E-state index contributed by atoms with van der Waals surface area (Å²) in [6.07, 6.45) is 0.160. The Morgan fingerprint density at radius 3 is 2.40 bits per heavy atom. The molecule has 1 unspecified atom stereocenters. The molecule has 2 rings (SSSR count). The van der Waals surface area contributed by atoms with Crippen molar-refractivity contribution < 1.29 is 13.3 Å². The van der Waals surface area contributed by atoms with Gasteiger partial charge in [-0.3, -0.25) is 0 Å². The molecule has 1 heterocycles. The zero-order valence-corrected chi connectivity index (χ0v) is 13.7. The molecular weight excluding hydrogens is 345 g/mol. The van der Waals surface area contributed by atoms with Crippen LogP contribution in [-0.2, 0) is 20.4 Å². The summed E-state index contributed by atoms with van der Waals surface area (Å²) in [6.45, 7) is 1.71. The number of halogens is 3. The summed E-state index contributed by atoms with van der Waals surface area (Å²) in [5, 5.41) is 4.42. The highest BCUT2D eigenvalue weighted by molar-refractivity contribution is 8.05. The predicted molar refractivity (Wildman–Crippen MR) is 81.3 cm³/mol. The molecule has 1 aliphatic rings. The number of nitrogens with zero attached hydrogens (tertiary/aromatic N) is 1. The number of benzene rings is 1. The van der Waals surface area contributed by atoms with Crippen LogP contribution >= 0.6 is 34.8 Å². The van der Waals surface area contributed by atoms with Crippen LogP contribution in [0.25, 0.3) is 0 Å². The molecule has 110 valence electrons. The first-order valence-corrected chi connectivity index (χ1v) is 8.67. The van der Waals surface area contributed by atoms with Crippen LogP contribution in [0, 0.1) is 0 Å². The van der Waals surface area contributed by atoms with E-state index in [2.05, 4.69) is 5.16 Å². The van der Waals surface area contributed by atoms with Crippen molar-refractivity contribution in [3.63, 3.8) is 0 Å². The molecule has 0 aromatic heterocycles. The largest absolute Gasteiger partial charge is 0.387 e. The van der Waals surface area contributed by atoms with Gasteiger partial charge in [0.05, 0.1) is 11.6 Å². The zero-order valence-electron chi connectivity index (χ0n) is 10.6. The van der Waals surface area contributed by atoms with Gasteiger partial charge in [0, 0.05) is 16.5 Å². The van der Waals surface area contributed by atoms with Crippen molar-refractivity contribution >= 4 is 49.7 Å². The minimum atomic E-state index is -3.58. The first-order chi connectivity index (χ1) is 9.24. The van der Waals surface area contributed by atoms with Crippen molar-refractivity contribution in [1.29, 1.82) is 0 Å². The molecule has 1 aromatic rings. The fourth-order valence-electron chi connectivity index (χ4n) is 1.78. The molecule has 1 aromatic carbocycles. The van der Waals surface area contributed by atoms with Gasteiger partial charge < -0.3 is 4.84 Å². The van der Waals surface area contributed by atoms with Gasteiger partial charge in [0.1, 0.15) is 0 Å². The summed E-state index contributed by atoms with van der Waals surface area (Å²) in [5.41, 5.74) is -0.264. The molecule has 0 bridgehead atoms. The third kappa shape index (κ3) is 3.58. The maximum atomic E-state index is 12.3. The van der Waals surface area contributed by atoms with Gasteiger partial charge in [-0.05, 0) is 30.7 Å². The van der Waals surface area contributed by atoms with Gasteiger partial charge in [-0.25, -0.2) is 8.42 Å². The molecule has 0 radical (unpaired) electrons. The van der Waals surface area contributed by atoms with E-state index in [4.69, 9.17) is 39.6 Å². The molecule has 1 aliphatic heterocycles. The molecule has 8 heteroatoms. The van der Waals surface area contributed by atoms with Crippen molar-refractivity contribution in [2.24, 2.45) is 5.16 Å². The smallest absolute Gasteiger partial charge is 0.199 e. The maximum absolute atomic E-state index is 12.3. The lowest BCUT2D eigenvalue weighted by Crippen LogP contribution is -2.28. The highest BCUT2D eigenvalue weighted by Gasteiger charge is 2.39. The topological polar surface area (TPSA) is 55.7 Å². The average molecular weight is 357 g/mol. The molecule has 0 spiro atoms. The summed E-state index contributed by atoms with van der Waals surface area (Å²) >= 11 is 17.4. The molecule has 1 atom stereocenters. The van der Waals surface area contributed by atoms with Gasteiger partial charge in [-0.15, -0.1) is 11.6 Å². The van der Waals surface area contributed by atoms with Crippen LogP contribution in [0.4, 0.5) is 0 Å². The quantitative estimate of drug-likeness (QED) is 0.777. The Bertz CT molecular complexity index is 640. The Morgan fingerprint density at radius 1 is 1.30 bits per heavy atom. The van der Waals surface area contributed by atoms with E-state index in [1.807, 2.05) is 0 Å². The molecule has 0 aliphatic carbocycles. The number of oxime groups is 1. The summed E-state index contributed by atoms with van der Waals surface area (Å²) in [6, 6.07) is 4.66. The molecule has 0 fully saturated rings. The van der Waals surface area contributed by atoms with Gasteiger partial charge in [-0.2, -0.15) is 0 Å². The van der Waals surface area contributed by atoms with Gasteiger partial charge >= 0.3 is 0 Å². The third-order valence-corrected chi connectivity index (χ3v) is 5.47. The van der Waals surface area contributed by atoms with Crippen LogP contribution in [0.1, 0.15) is 18.9 Å². The van der Waals surface area contributed by atoms with Crippen LogP contribution in [-0.4, -0.2) is 24.9 Å². The van der Waals surface area contributed by atoms with E-state index in [9.17, 15) is 8.42 Å². The van der Waals surface area contributed by atoms with Crippen molar-refractivity contribution in [1.82, 2.24) is 0 Å². The summed E-state index contributed by atoms with van der Waals surface area (Å²) < 4.78 is 24.6. The number of hydrogen-bond acceptors (Lipinski definition) is 4. The van der Waals surface area contributed by atoms with Crippen LogP contribution < -0.4 is 0 Å². The standard InChI is InChI=1S/C12H12Cl3NO3S/c1-12(7-13)5-11(16-19-12)20(17,18)6-8-2-9(14)4-10(15)3-8/h2-4H,5-7H2,1H3. The van der Waals surface area contributed by atoms with E-state index >= 15 is 0 Å². The first-order valence-electron chi connectivity index (χ1n) is 5.73. The van der Waals surface area contributed by atoms with Crippen molar-refractivity contribution in [3.05, 3.63) is 33.8 Å². The van der Waals surface area contributed by atoms with E-state index in [1.54, 1.807) is 25.1 Å². The van der Waals surface area contributed by atoms with Gasteiger partial charge in [-0.1, -0.05) is 28.4 Å². The lowest BCUT2D eigenvalue weighted by Gasteiger charge is -2.16.